The summed E-state index contributed by atoms with van der Waals surface area (Å²) in [6.45, 7) is 9.39. The topological polar surface area (TPSA) is 26.3 Å². The van der Waals surface area contributed by atoms with Crippen molar-refractivity contribution in [3.05, 3.63) is 0 Å². The van der Waals surface area contributed by atoms with Gasteiger partial charge in [-0.15, -0.1) is 0 Å². The number of carbonyl (C=O) groups is 1. The Balaban J connectivity index is 3.66. The van der Waals surface area contributed by atoms with Crippen LogP contribution >= 0.6 is 0 Å². The van der Waals surface area contributed by atoms with Crippen LogP contribution in [-0.4, -0.2) is 12.6 Å². The van der Waals surface area contributed by atoms with Crippen molar-refractivity contribution in [3.8, 4) is 0 Å². The molecule has 29 heavy (non-hydrogen) atoms. The Kier molecular flexibility index (Phi) is 20.4. The van der Waals surface area contributed by atoms with Crippen molar-refractivity contribution in [1.82, 2.24) is 0 Å². The van der Waals surface area contributed by atoms with Gasteiger partial charge in [0.15, 0.2) is 0 Å². The van der Waals surface area contributed by atoms with Gasteiger partial charge in [0.2, 0.25) is 0 Å². The van der Waals surface area contributed by atoms with Crippen LogP contribution in [0.15, 0.2) is 0 Å². The molecular formula is C27H54O2. The molecule has 0 saturated carbocycles. The zero-order valence-electron chi connectivity index (χ0n) is 20.7. The summed E-state index contributed by atoms with van der Waals surface area (Å²) in [6.07, 6.45) is 25.5. The van der Waals surface area contributed by atoms with Crippen molar-refractivity contribution in [3.63, 3.8) is 0 Å². The molecule has 0 amide bonds. The highest BCUT2D eigenvalue weighted by Crippen LogP contribution is 2.30. The van der Waals surface area contributed by atoms with Gasteiger partial charge in [0.25, 0.3) is 0 Å². The summed E-state index contributed by atoms with van der Waals surface area (Å²) < 4.78 is 5.65. The SMILES string of the molecule is CCCCCCCCCCCCOC(=O)C(C)(CC)CCCCCCCCCC. The summed E-state index contributed by atoms with van der Waals surface area (Å²) in [5.74, 6) is 0.0406. The lowest BCUT2D eigenvalue weighted by Gasteiger charge is -2.26. The summed E-state index contributed by atoms with van der Waals surface area (Å²) >= 11 is 0. The highest BCUT2D eigenvalue weighted by Gasteiger charge is 2.32. The Morgan fingerprint density at radius 3 is 1.38 bits per heavy atom. The van der Waals surface area contributed by atoms with E-state index in [1.807, 2.05) is 0 Å². The second kappa shape index (κ2) is 20.7. The smallest absolute Gasteiger partial charge is 0.311 e. The Morgan fingerprint density at radius 2 is 0.966 bits per heavy atom. The minimum absolute atomic E-state index is 0.0406. The van der Waals surface area contributed by atoms with Gasteiger partial charge in [0, 0.05) is 0 Å². The standard InChI is InChI=1S/C27H54O2/c1-5-8-10-12-14-16-17-19-21-23-25-29-26(28)27(4,7-3)24-22-20-18-15-13-11-9-6-2/h5-25H2,1-4H3. The molecule has 1 atom stereocenters. The van der Waals surface area contributed by atoms with Gasteiger partial charge in [-0.2, -0.15) is 0 Å². The molecule has 0 aromatic rings. The fourth-order valence-corrected chi connectivity index (χ4v) is 4.00. The molecule has 0 aliphatic carbocycles. The van der Waals surface area contributed by atoms with Gasteiger partial charge in [-0.05, 0) is 26.2 Å². The Labute approximate surface area is 184 Å². The maximum Gasteiger partial charge on any atom is 0.311 e. The molecule has 0 aromatic heterocycles. The fraction of sp³-hybridized carbons (Fsp3) is 0.963. The zero-order chi connectivity index (χ0) is 21.6. The number of carbonyl (C=O) groups excluding carboxylic acids is 1. The van der Waals surface area contributed by atoms with Gasteiger partial charge in [-0.25, -0.2) is 0 Å². The number of rotatable bonds is 22. The van der Waals surface area contributed by atoms with Crippen LogP contribution in [0.1, 0.15) is 156 Å². The molecule has 0 heterocycles. The lowest BCUT2D eigenvalue weighted by molar-refractivity contribution is -0.155. The molecule has 0 aromatic carbocycles. The van der Waals surface area contributed by atoms with Crippen molar-refractivity contribution < 1.29 is 9.53 Å². The number of hydrogen-bond acceptors (Lipinski definition) is 2. The minimum Gasteiger partial charge on any atom is -0.465 e. The highest BCUT2D eigenvalue weighted by molar-refractivity contribution is 5.76. The maximum absolute atomic E-state index is 12.6. The second-order valence-electron chi connectivity index (χ2n) is 9.46. The predicted molar refractivity (Wildman–Crippen MR) is 128 cm³/mol. The van der Waals surface area contributed by atoms with E-state index in [-0.39, 0.29) is 11.4 Å². The van der Waals surface area contributed by atoms with E-state index in [0.29, 0.717) is 6.61 Å². The first-order valence-corrected chi connectivity index (χ1v) is 13.3. The maximum atomic E-state index is 12.6. The third kappa shape index (κ3) is 16.9. The number of ether oxygens (including phenoxy) is 1. The summed E-state index contributed by atoms with van der Waals surface area (Å²) in [5, 5.41) is 0. The van der Waals surface area contributed by atoms with E-state index < -0.39 is 0 Å². The van der Waals surface area contributed by atoms with Gasteiger partial charge < -0.3 is 4.74 Å². The molecule has 2 nitrogen and oxygen atoms in total. The summed E-state index contributed by atoms with van der Waals surface area (Å²) in [7, 11) is 0. The Hall–Kier alpha value is -0.530. The van der Waals surface area contributed by atoms with E-state index in [1.165, 1.54) is 103 Å². The van der Waals surface area contributed by atoms with E-state index in [9.17, 15) is 4.79 Å². The van der Waals surface area contributed by atoms with Gasteiger partial charge in [0.05, 0.1) is 12.0 Å². The average Bonchev–Trinajstić information content (AvgIpc) is 2.73. The lowest BCUT2D eigenvalue weighted by Crippen LogP contribution is -2.29. The molecule has 0 N–H and O–H groups in total. The first kappa shape index (κ1) is 28.5. The molecule has 0 fully saturated rings. The van der Waals surface area contributed by atoms with Gasteiger partial charge >= 0.3 is 5.97 Å². The van der Waals surface area contributed by atoms with E-state index in [4.69, 9.17) is 4.74 Å². The molecule has 0 bridgehead atoms. The molecule has 0 spiro atoms. The first-order chi connectivity index (χ1) is 14.1. The van der Waals surface area contributed by atoms with Crippen molar-refractivity contribution in [2.75, 3.05) is 6.61 Å². The summed E-state index contributed by atoms with van der Waals surface area (Å²) in [4.78, 5) is 12.6. The van der Waals surface area contributed by atoms with Crippen molar-refractivity contribution in [1.29, 1.82) is 0 Å². The number of esters is 1. The van der Waals surface area contributed by atoms with Gasteiger partial charge in [0.1, 0.15) is 0 Å². The van der Waals surface area contributed by atoms with Crippen LogP contribution in [0.5, 0.6) is 0 Å². The third-order valence-electron chi connectivity index (χ3n) is 6.59. The van der Waals surface area contributed by atoms with E-state index in [1.54, 1.807) is 0 Å². The quantitative estimate of drug-likeness (QED) is 0.131. The molecule has 0 rings (SSSR count). The monoisotopic (exact) mass is 410 g/mol. The summed E-state index contributed by atoms with van der Waals surface area (Å²) in [5.41, 5.74) is -0.277. The fourth-order valence-electron chi connectivity index (χ4n) is 4.00. The average molecular weight is 411 g/mol. The largest absolute Gasteiger partial charge is 0.465 e. The lowest BCUT2D eigenvalue weighted by atomic mass is 9.82. The van der Waals surface area contributed by atoms with E-state index in [0.717, 1.165) is 25.7 Å². The first-order valence-electron chi connectivity index (χ1n) is 13.3. The van der Waals surface area contributed by atoms with Crippen LogP contribution < -0.4 is 0 Å². The Morgan fingerprint density at radius 1 is 0.586 bits per heavy atom. The molecule has 0 saturated heterocycles. The number of hydrogen-bond donors (Lipinski definition) is 0. The van der Waals surface area contributed by atoms with Gasteiger partial charge in [-0.1, -0.05) is 130 Å². The van der Waals surface area contributed by atoms with Crippen molar-refractivity contribution in [2.24, 2.45) is 5.41 Å². The molecule has 0 aliphatic rings. The van der Waals surface area contributed by atoms with Crippen LogP contribution in [0.4, 0.5) is 0 Å². The molecular weight excluding hydrogens is 356 g/mol. The number of unbranched alkanes of at least 4 members (excludes halogenated alkanes) is 16. The minimum atomic E-state index is -0.277. The van der Waals surface area contributed by atoms with Gasteiger partial charge in [-0.3, -0.25) is 4.79 Å². The molecule has 0 radical (unpaired) electrons. The van der Waals surface area contributed by atoms with Crippen LogP contribution in [0, 0.1) is 5.41 Å². The molecule has 0 aliphatic heterocycles. The van der Waals surface area contributed by atoms with Crippen LogP contribution in [0.2, 0.25) is 0 Å². The second-order valence-corrected chi connectivity index (χ2v) is 9.46. The van der Waals surface area contributed by atoms with Crippen LogP contribution in [0.3, 0.4) is 0 Å². The molecule has 2 heteroatoms. The molecule has 1 unspecified atom stereocenters. The predicted octanol–water partition coefficient (Wildman–Crippen LogP) is 9.40. The van der Waals surface area contributed by atoms with E-state index >= 15 is 0 Å². The third-order valence-corrected chi connectivity index (χ3v) is 6.59. The van der Waals surface area contributed by atoms with Crippen molar-refractivity contribution >= 4 is 5.97 Å². The van der Waals surface area contributed by atoms with Crippen LogP contribution in [-0.2, 0) is 9.53 Å². The van der Waals surface area contributed by atoms with Crippen molar-refractivity contribution in [2.45, 2.75) is 156 Å². The zero-order valence-corrected chi connectivity index (χ0v) is 20.7. The molecule has 174 valence electrons. The van der Waals surface area contributed by atoms with Crippen LogP contribution in [0.25, 0.3) is 0 Å². The Bertz CT molecular complexity index is 352. The summed E-state index contributed by atoms with van der Waals surface area (Å²) in [6, 6.07) is 0. The van der Waals surface area contributed by atoms with E-state index in [2.05, 4.69) is 27.7 Å². The normalized spacial score (nSPS) is 13.4. The highest BCUT2D eigenvalue weighted by atomic mass is 16.5.